The van der Waals surface area contributed by atoms with E-state index in [0.717, 1.165) is 18.6 Å². The van der Waals surface area contributed by atoms with Crippen molar-refractivity contribution in [3.05, 3.63) is 0 Å². The maximum Gasteiger partial charge on any atom is 0.305 e. The summed E-state index contributed by atoms with van der Waals surface area (Å²) in [5.74, 6) is 6.00. The Bertz CT molecular complexity index is 323. The van der Waals surface area contributed by atoms with Gasteiger partial charge in [0.05, 0.1) is 12.3 Å². The van der Waals surface area contributed by atoms with Crippen LogP contribution in [0.25, 0.3) is 0 Å². The van der Waals surface area contributed by atoms with Crippen molar-refractivity contribution in [3.8, 4) is 11.8 Å². The lowest BCUT2D eigenvalue weighted by Crippen LogP contribution is -2.09. The Labute approximate surface area is 111 Å². The molecular formula is C15H25NO2. The first-order valence-corrected chi connectivity index (χ1v) is 6.79. The van der Waals surface area contributed by atoms with Gasteiger partial charge in [0.2, 0.25) is 0 Å². The molecule has 0 bridgehead atoms. The summed E-state index contributed by atoms with van der Waals surface area (Å²) >= 11 is 0. The van der Waals surface area contributed by atoms with Gasteiger partial charge in [-0.05, 0) is 33.6 Å². The Hall–Kier alpha value is -1.30. The van der Waals surface area contributed by atoms with Gasteiger partial charge in [-0.25, -0.2) is 0 Å². The predicted octanol–water partition coefficient (Wildman–Crippen LogP) is 3.37. The smallest absolute Gasteiger partial charge is 0.305 e. The topological polar surface area (TPSA) is 38.7 Å². The second kappa shape index (κ2) is 10.8. The van der Waals surface area contributed by atoms with E-state index in [4.69, 9.17) is 4.74 Å². The number of hydrogen-bond donors (Lipinski definition) is 0. The summed E-state index contributed by atoms with van der Waals surface area (Å²) in [5, 5.41) is 0. The van der Waals surface area contributed by atoms with Crippen molar-refractivity contribution >= 4 is 11.7 Å². The first-order chi connectivity index (χ1) is 8.60. The normalized spacial score (nSPS) is 12.6. The molecule has 18 heavy (non-hydrogen) atoms. The molecule has 0 fully saturated rings. The third kappa shape index (κ3) is 9.89. The van der Waals surface area contributed by atoms with Crippen molar-refractivity contribution in [1.29, 1.82) is 0 Å². The molecule has 0 N–H and O–H groups in total. The fourth-order valence-electron chi connectivity index (χ4n) is 1.44. The zero-order valence-corrected chi connectivity index (χ0v) is 12.1. The highest BCUT2D eigenvalue weighted by molar-refractivity contribution is 5.98. The summed E-state index contributed by atoms with van der Waals surface area (Å²) in [6.45, 7) is 8.32. The standard InChI is InChI=1S/C15H25NO2/c1-5-7-8-9-10-13(3)16-14(4)11-12-15(17)18-6-2/h14H,5-8,11-12H2,1-4H3. The molecule has 0 heterocycles. The maximum atomic E-state index is 11.2. The highest BCUT2D eigenvalue weighted by Gasteiger charge is 2.05. The van der Waals surface area contributed by atoms with E-state index in [1.807, 2.05) is 20.8 Å². The molecular weight excluding hydrogens is 226 g/mol. The lowest BCUT2D eigenvalue weighted by molar-refractivity contribution is -0.143. The zero-order chi connectivity index (χ0) is 13.8. The van der Waals surface area contributed by atoms with Gasteiger partial charge in [0.15, 0.2) is 0 Å². The second-order valence-corrected chi connectivity index (χ2v) is 4.31. The SMILES string of the molecule is CCCCC#CC(C)=NC(C)CCC(=O)OCC. The van der Waals surface area contributed by atoms with Crippen LogP contribution in [-0.4, -0.2) is 24.3 Å². The van der Waals surface area contributed by atoms with Crippen LogP contribution < -0.4 is 0 Å². The van der Waals surface area contributed by atoms with E-state index in [9.17, 15) is 4.79 Å². The third-order valence-electron chi connectivity index (χ3n) is 2.41. The molecule has 1 unspecified atom stereocenters. The summed E-state index contributed by atoms with van der Waals surface area (Å²) < 4.78 is 4.87. The van der Waals surface area contributed by atoms with Crippen LogP contribution >= 0.6 is 0 Å². The van der Waals surface area contributed by atoms with Crippen LogP contribution in [0.15, 0.2) is 4.99 Å². The molecule has 102 valence electrons. The van der Waals surface area contributed by atoms with Gasteiger partial charge in [0.25, 0.3) is 0 Å². The molecule has 0 aromatic heterocycles. The summed E-state index contributed by atoms with van der Waals surface area (Å²) in [5.41, 5.74) is 0.850. The Morgan fingerprint density at radius 2 is 2.11 bits per heavy atom. The van der Waals surface area contributed by atoms with Gasteiger partial charge in [0.1, 0.15) is 0 Å². The number of esters is 1. The molecule has 0 saturated carbocycles. The van der Waals surface area contributed by atoms with Gasteiger partial charge in [-0.3, -0.25) is 9.79 Å². The van der Waals surface area contributed by atoms with Gasteiger partial charge in [-0.1, -0.05) is 25.2 Å². The summed E-state index contributed by atoms with van der Waals surface area (Å²) in [6, 6.07) is 0.120. The Morgan fingerprint density at radius 1 is 1.39 bits per heavy atom. The molecule has 0 amide bonds. The van der Waals surface area contributed by atoms with Crippen LogP contribution in [0.5, 0.6) is 0 Å². The van der Waals surface area contributed by atoms with E-state index in [0.29, 0.717) is 19.4 Å². The largest absolute Gasteiger partial charge is 0.466 e. The van der Waals surface area contributed by atoms with E-state index in [1.54, 1.807) is 0 Å². The van der Waals surface area contributed by atoms with E-state index >= 15 is 0 Å². The van der Waals surface area contributed by atoms with Crippen molar-refractivity contribution in [3.63, 3.8) is 0 Å². The van der Waals surface area contributed by atoms with Gasteiger partial charge in [-0.15, -0.1) is 0 Å². The molecule has 0 aliphatic carbocycles. The van der Waals surface area contributed by atoms with Crippen LogP contribution in [0.3, 0.4) is 0 Å². The molecule has 0 radical (unpaired) electrons. The average molecular weight is 251 g/mol. The molecule has 0 aromatic carbocycles. The lowest BCUT2D eigenvalue weighted by atomic mass is 10.2. The molecule has 0 aliphatic heterocycles. The molecule has 3 nitrogen and oxygen atoms in total. The number of aliphatic imine (C=N–C) groups is 1. The van der Waals surface area contributed by atoms with E-state index < -0.39 is 0 Å². The van der Waals surface area contributed by atoms with Crippen LogP contribution in [0.1, 0.15) is 59.8 Å². The van der Waals surface area contributed by atoms with E-state index in [-0.39, 0.29) is 12.0 Å². The Morgan fingerprint density at radius 3 is 2.72 bits per heavy atom. The fraction of sp³-hybridized carbons (Fsp3) is 0.733. The predicted molar refractivity (Wildman–Crippen MR) is 75.7 cm³/mol. The number of nitrogens with zero attached hydrogens (tertiary/aromatic N) is 1. The minimum atomic E-state index is -0.147. The fourth-order valence-corrected chi connectivity index (χ4v) is 1.44. The molecule has 0 aliphatic rings. The quantitative estimate of drug-likeness (QED) is 0.301. The molecule has 0 aromatic rings. The average Bonchev–Trinajstić information content (AvgIpc) is 2.32. The van der Waals surface area contributed by atoms with Crippen molar-refractivity contribution in [2.75, 3.05) is 6.61 Å². The van der Waals surface area contributed by atoms with Crippen LogP contribution in [0.4, 0.5) is 0 Å². The Balaban J connectivity index is 3.98. The third-order valence-corrected chi connectivity index (χ3v) is 2.41. The van der Waals surface area contributed by atoms with Crippen molar-refractivity contribution < 1.29 is 9.53 Å². The number of carbonyl (C=O) groups excluding carboxylic acids is 1. The van der Waals surface area contributed by atoms with Gasteiger partial charge < -0.3 is 4.74 Å². The second-order valence-electron chi connectivity index (χ2n) is 4.31. The van der Waals surface area contributed by atoms with Crippen LogP contribution in [0.2, 0.25) is 0 Å². The number of carbonyl (C=O) groups is 1. The van der Waals surface area contributed by atoms with Crippen LogP contribution in [-0.2, 0) is 9.53 Å². The molecule has 3 heteroatoms. The number of rotatable bonds is 7. The molecule has 1 atom stereocenters. The highest BCUT2D eigenvalue weighted by Crippen LogP contribution is 2.03. The first-order valence-electron chi connectivity index (χ1n) is 6.79. The molecule has 0 spiro atoms. The van der Waals surface area contributed by atoms with Crippen molar-refractivity contribution in [1.82, 2.24) is 0 Å². The summed E-state index contributed by atoms with van der Waals surface area (Å²) in [4.78, 5) is 15.6. The summed E-state index contributed by atoms with van der Waals surface area (Å²) in [6.07, 6.45) is 4.38. The lowest BCUT2D eigenvalue weighted by Gasteiger charge is -2.06. The van der Waals surface area contributed by atoms with Crippen molar-refractivity contribution in [2.24, 2.45) is 4.99 Å². The number of unbranched alkanes of at least 4 members (excludes halogenated alkanes) is 2. The molecule has 0 rings (SSSR count). The van der Waals surface area contributed by atoms with Gasteiger partial charge in [-0.2, -0.15) is 0 Å². The monoisotopic (exact) mass is 251 g/mol. The number of hydrogen-bond acceptors (Lipinski definition) is 3. The van der Waals surface area contributed by atoms with Crippen LogP contribution in [0, 0.1) is 11.8 Å². The van der Waals surface area contributed by atoms with Gasteiger partial charge in [0, 0.05) is 18.9 Å². The van der Waals surface area contributed by atoms with Crippen molar-refractivity contribution in [2.45, 2.75) is 65.8 Å². The van der Waals surface area contributed by atoms with E-state index in [1.165, 1.54) is 6.42 Å². The molecule has 0 saturated heterocycles. The number of ether oxygens (including phenoxy) is 1. The van der Waals surface area contributed by atoms with E-state index in [2.05, 4.69) is 23.8 Å². The minimum Gasteiger partial charge on any atom is -0.466 e. The summed E-state index contributed by atoms with van der Waals surface area (Å²) in [7, 11) is 0. The first kappa shape index (κ1) is 16.7. The van der Waals surface area contributed by atoms with Gasteiger partial charge >= 0.3 is 5.97 Å². The Kier molecular flexibility index (Phi) is 10.0. The zero-order valence-electron chi connectivity index (χ0n) is 12.1. The highest BCUT2D eigenvalue weighted by atomic mass is 16.5. The minimum absolute atomic E-state index is 0.120. The maximum absolute atomic E-state index is 11.2.